The Balaban J connectivity index is 1.95. The van der Waals surface area contributed by atoms with Crippen molar-refractivity contribution < 1.29 is 9.47 Å². The quantitative estimate of drug-likeness (QED) is 0.854. The summed E-state index contributed by atoms with van der Waals surface area (Å²) in [7, 11) is 1.71. The predicted octanol–water partition coefficient (Wildman–Crippen LogP) is 4.15. The molecule has 3 nitrogen and oxygen atoms in total. The van der Waals surface area contributed by atoms with Gasteiger partial charge in [-0.2, -0.15) is 0 Å². The summed E-state index contributed by atoms with van der Waals surface area (Å²) in [6.07, 6.45) is 5.14. The zero-order valence-electron chi connectivity index (χ0n) is 13.9. The average Bonchev–Trinajstić information content (AvgIpc) is 2.46. The van der Waals surface area contributed by atoms with E-state index in [9.17, 15) is 0 Å². The summed E-state index contributed by atoms with van der Waals surface area (Å²) in [5, 5.41) is 3.68. The first-order valence-corrected chi connectivity index (χ1v) is 8.08. The number of nitrogens with one attached hydrogen (secondary N) is 1. The van der Waals surface area contributed by atoms with Crippen molar-refractivity contribution in [3.05, 3.63) is 23.8 Å². The van der Waals surface area contributed by atoms with Crippen LogP contribution in [0.4, 0.5) is 0 Å². The van der Waals surface area contributed by atoms with Crippen molar-refractivity contribution in [1.29, 1.82) is 0 Å². The van der Waals surface area contributed by atoms with Gasteiger partial charge in [0.2, 0.25) is 0 Å². The number of hydrogen-bond acceptors (Lipinski definition) is 3. The van der Waals surface area contributed by atoms with Crippen LogP contribution >= 0.6 is 0 Å². The molecule has 2 rings (SSSR count). The first-order valence-electron chi connectivity index (χ1n) is 8.08. The molecule has 1 aliphatic rings. The van der Waals surface area contributed by atoms with Crippen LogP contribution in [0, 0.1) is 5.41 Å². The average molecular weight is 291 g/mol. The molecule has 0 aliphatic heterocycles. The minimum Gasteiger partial charge on any atom is -0.493 e. The minimum atomic E-state index is 0.519. The second-order valence-electron chi connectivity index (χ2n) is 6.70. The summed E-state index contributed by atoms with van der Waals surface area (Å²) in [4.78, 5) is 0. The Kier molecular flexibility index (Phi) is 5.51. The summed E-state index contributed by atoms with van der Waals surface area (Å²) in [6, 6.07) is 6.74. The Morgan fingerprint density at radius 3 is 2.57 bits per heavy atom. The van der Waals surface area contributed by atoms with Crippen molar-refractivity contribution >= 4 is 0 Å². The van der Waals surface area contributed by atoms with E-state index in [1.165, 1.54) is 31.2 Å². The van der Waals surface area contributed by atoms with Gasteiger partial charge in [-0.15, -0.1) is 0 Å². The highest BCUT2D eigenvalue weighted by atomic mass is 16.5. The number of rotatable bonds is 6. The molecule has 1 aromatic rings. The molecule has 21 heavy (non-hydrogen) atoms. The highest BCUT2D eigenvalue weighted by Crippen LogP contribution is 2.35. The molecule has 0 bridgehead atoms. The van der Waals surface area contributed by atoms with E-state index in [4.69, 9.17) is 9.47 Å². The van der Waals surface area contributed by atoms with Crippen molar-refractivity contribution in [2.24, 2.45) is 5.41 Å². The molecule has 1 saturated carbocycles. The summed E-state index contributed by atoms with van der Waals surface area (Å²) >= 11 is 0. The Bertz CT molecular complexity index is 447. The first kappa shape index (κ1) is 16.2. The van der Waals surface area contributed by atoms with E-state index in [0.29, 0.717) is 18.1 Å². The molecule has 0 saturated heterocycles. The standard InChI is InChI=1S/C18H29NO2/c1-5-21-16-8-6-7-14(17(16)20-4)13-19-15-9-11-18(2,3)12-10-15/h6-8,15,19H,5,9-13H2,1-4H3. The number of para-hydroxylation sites is 1. The van der Waals surface area contributed by atoms with Crippen LogP contribution in [0.25, 0.3) is 0 Å². The van der Waals surface area contributed by atoms with Crippen LogP contribution < -0.4 is 14.8 Å². The fourth-order valence-electron chi connectivity index (χ4n) is 3.06. The molecular weight excluding hydrogens is 262 g/mol. The van der Waals surface area contributed by atoms with Gasteiger partial charge in [-0.05, 0) is 44.1 Å². The summed E-state index contributed by atoms with van der Waals surface area (Å²) < 4.78 is 11.2. The van der Waals surface area contributed by atoms with E-state index in [-0.39, 0.29) is 0 Å². The van der Waals surface area contributed by atoms with E-state index in [1.54, 1.807) is 7.11 Å². The molecule has 0 radical (unpaired) electrons. The Morgan fingerprint density at radius 2 is 1.95 bits per heavy atom. The summed E-state index contributed by atoms with van der Waals surface area (Å²) in [5.74, 6) is 1.70. The third-order valence-corrected chi connectivity index (χ3v) is 4.48. The van der Waals surface area contributed by atoms with Gasteiger partial charge < -0.3 is 14.8 Å². The molecular formula is C18H29NO2. The fraction of sp³-hybridized carbons (Fsp3) is 0.667. The van der Waals surface area contributed by atoms with Crippen molar-refractivity contribution in [1.82, 2.24) is 5.32 Å². The summed E-state index contributed by atoms with van der Waals surface area (Å²) in [6.45, 7) is 8.24. The molecule has 0 unspecified atom stereocenters. The van der Waals surface area contributed by atoms with Gasteiger partial charge in [-0.3, -0.25) is 0 Å². The molecule has 0 aromatic heterocycles. The van der Waals surface area contributed by atoms with Gasteiger partial charge in [0.25, 0.3) is 0 Å². The van der Waals surface area contributed by atoms with Crippen LogP contribution in [-0.4, -0.2) is 19.8 Å². The number of methoxy groups -OCH3 is 1. The maximum atomic E-state index is 5.63. The van der Waals surface area contributed by atoms with Crippen LogP contribution in [-0.2, 0) is 6.54 Å². The van der Waals surface area contributed by atoms with E-state index in [1.807, 2.05) is 19.1 Å². The molecule has 3 heteroatoms. The molecule has 1 N–H and O–H groups in total. The highest BCUT2D eigenvalue weighted by molar-refractivity contribution is 5.46. The van der Waals surface area contributed by atoms with Crippen LogP contribution in [0.15, 0.2) is 18.2 Å². The van der Waals surface area contributed by atoms with E-state index in [2.05, 4.69) is 25.2 Å². The highest BCUT2D eigenvalue weighted by Gasteiger charge is 2.26. The van der Waals surface area contributed by atoms with Gasteiger partial charge in [0, 0.05) is 18.2 Å². The van der Waals surface area contributed by atoms with E-state index in [0.717, 1.165) is 18.0 Å². The van der Waals surface area contributed by atoms with Crippen LogP contribution in [0.1, 0.15) is 52.0 Å². The minimum absolute atomic E-state index is 0.519. The molecule has 1 aliphatic carbocycles. The van der Waals surface area contributed by atoms with E-state index >= 15 is 0 Å². The third kappa shape index (κ3) is 4.37. The second-order valence-corrected chi connectivity index (χ2v) is 6.70. The molecule has 118 valence electrons. The fourth-order valence-corrected chi connectivity index (χ4v) is 3.06. The van der Waals surface area contributed by atoms with Crippen molar-refractivity contribution in [3.63, 3.8) is 0 Å². The number of hydrogen-bond donors (Lipinski definition) is 1. The van der Waals surface area contributed by atoms with Crippen LogP contribution in [0.3, 0.4) is 0 Å². The maximum Gasteiger partial charge on any atom is 0.165 e. The van der Waals surface area contributed by atoms with Gasteiger partial charge in [0.15, 0.2) is 11.5 Å². The summed E-state index contributed by atoms with van der Waals surface area (Å²) in [5.41, 5.74) is 1.69. The monoisotopic (exact) mass is 291 g/mol. The Labute approximate surface area is 129 Å². The van der Waals surface area contributed by atoms with Crippen molar-refractivity contribution in [3.8, 4) is 11.5 Å². The van der Waals surface area contributed by atoms with Crippen molar-refractivity contribution in [2.75, 3.05) is 13.7 Å². The Morgan fingerprint density at radius 1 is 1.24 bits per heavy atom. The van der Waals surface area contributed by atoms with Gasteiger partial charge in [-0.25, -0.2) is 0 Å². The van der Waals surface area contributed by atoms with Crippen LogP contribution in [0.5, 0.6) is 11.5 Å². The molecule has 0 atom stereocenters. The lowest BCUT2D eigenvalue weighted by molar-refractivity contribution is 0.205. The van der Waals surface area contributed by atoms with Gasteiger partial charge >= 0.3 is 0 Å². The van der Waals surface area contributed by atoms with E-state index < -0.39 is 0 Å². The zero-order chi connectivity index (χ0) is 15.3. The van der Waals surface area contributed by atoms with Gasteiger partial charge in [0.1, 0.15) is 0 Å². The third-order valence-electron chi connectivity index (χ3n) is 4.48. The normalized spacial score (nSPS) is 18.5. The SMILES string of the molecule is CCOc1cccc(CNC2CCC(C)(C)CC2)c1OC. The maximum absolute atomic E-state index is 5.63. The molecule has 1 fully saturated rings. The predicted molar refractivity (Wildman–Crippen MR) is 87.0 cm³/mol. The topological polar surface area (TPSA) is 30.5 Å². The largest absolute Gasteiger partial charge is 0.493 e. The molecule has 0 amide bonds. The lowest BCUT2D eigenvalue weighted by Gasteiger charge is -2.34. The molecule has 1 aromatic carbocycles. The lowest BCUT2D eigenvalue weighted by Crippen LogP contribution is -2.35. The zero-order valence-corrected chi connectivity index (χ0v) is 13.9. The van der Waals surface area contributed by atoms with Crippen molar-refractivity contribution in [2.45, 2.75) is 59.0 Å². The number of ether oxygens (including phenoxy) is 2. The second kappa shape index (κ2) is 7.17. The van der Waals surface area contributed by atoms with Gasteiger partial charge in [0.05, 0.1) is 13.7 Å². The van der Waals surface area contributed by atoms with Crippen LogP contribution in [0.2, 0.25) is 0 Å². The first-order chi connectivity index (χ1) is 10.1. The van der Waals surface area contributed by atoms with Gasteiger partial charge in [-0.1, -0.05) is 26.0 Å². The lowest BCUT2D eigenvalue weighted by atomic mass is 9.75. The molecule has 0 spiro atoms. The smallest absolute Gasteiger partial charge is 0.165 e. The number of benzene rings is 1. The molecule has 0 heterocycles. The Hall–Kier alpha value is -1.22.